The van der Waals surface area contributed by atoms with Crippen molar-refractivity contribution in [2.24, 2.45) is 0 Å². The smallest absolute Gasteiger partial charge is 0.271 e. The zero-order chi connectivity index (χ0) is 21.7. The summed E-state index contributed by atoms with van der Waals surface area (Å²) < 4.78 is 16.3. The van der Waals surface area contributed by atoms with Gasteiger partial charge in [0.25, 0.3) is 11.6 Å². The lowest BCUT2D eigenvalue weighted by Gasteiger charge is -2.28. The van der Waals surface area contributed by atoms with Gasteiger partial charge in [-0.05, 0) is 32.0 Å². The van der Waals surface area contributed by atoms with Crippen molar-refractivity contribution in [2.75, 3.05) is 36.6 Å². The fourth-order valence-electron chi connectivity index (χ4n) is 2.96. The highest BCUT2D eigenvalue weighted by Crippen LogP contribution is 2.35. The van der Waals surface area contributed by atoms with E-state index in [1.165, 1.54) is 18.2 Å². The molecule has 0 aromatic heterocycles. The summed E-state index contributed by atoms with van der Waals surface area (Å²) >= 11 is 0. The molecule has 0 spiro atoms. The number of benzene rings is 2. The maximum Gasteiger partial charge on any atom is 0.271 e. The van der Waals surface area contributed by atoms with E-state index in [4.69, 9.17) is 14.2 Å². The van der Waals surface area contributed by atoms with Crippen molar-refractivity contribution in [3.05, 3.63) is 46.5 Å². The Hall–Kier alpha value is -3.82. The van der Waals surface area contributed by atoms with Gasteiger partial charge in [-0.2, -0.15) is 0 Å². The molecule has 0 saturated carbocycles. The molecule has 0 atom stereocenters. The van der Waals surface area contributed by atoms with Crippen LogP contribution >= 0.6 is 0 Å². The zero-order valence-electron chi connectivity index (χ0n) is 16.5. The first-order valence-corrected chi connectivity index (χ1v) is 9.34. The third kappa shape index (κ3) is 4.59. The number of nitrogens with zero attached hydrogens (tertiary/aromatic N) is 2. The van der Waals surface area contributed by atoms with Crippen molar-refractivity contribution in [3.63, 3.8) is 0 Å². The van der Waals surface area contributed by atoms with Crippen LogP contribution in [0.15, 0.2) is 36.4 Å². The van der Waals surface area contributed by atoms with Crippen molar-refractivity contribution in [3.8, 4) is 17.2 Å². The van der Waals surface area contributed by atoms with E-state index in [9.17, 15) is 19.7 Å². The van der Waals surface area contributed by atoms with Crippen LogP contribution in [-0.4, -0.2) is 43.1 Å². The molecule has 0 fully saturated rings. The van der Waals surface area contributed by atoms with Crippen LogP contribution in [0, 0.1) is 10.1 Å². The number of fused-ring (bicyclic) bond motifs is 1. The van der Waals surface area contributed by atoms with E-state index in [1.807, 2.05) is 13.8 Å². The number of amides is 2. The van der Waals surface area contributed by atoms with Crippen LogP contribution in [0.25, 0.3) is 0 Å². The van der Waals surface area contributed by atoms with Gasteiger partial charge in [0.1, 0.15) is 23.8 Å². The Balaban J connectivity index is 1.83. The predicted molar refractivity (Wildman–Crippen MR) is 108 cm³/mol. The average molecular weight is 415 g/mol. The molecule has 2 amide bonds. The van der Waals surface area contributed by atoms with Gasteiger partial charge in [-0.25, -0.2) is 0 Å². The summed E-state index contributed by atoms with van der Waals surface area (Å²) in [5.41, 5.74) is 0.358. The number of anilines is 2. The maximum atomic E-state index is 12.7. The third-order valence-electron chi connectivity index (χ3n) is 4.23. The quantitative estimate of drug-likeness (QED) is 0.520. The topological polar surface area (TPSA) is 120 Å². The number of ether oxygens (including phenoxy) is 3. The first kappa shape index (κ1) is 20.9. The van der Waals surface area contributed by atoms with Gasteiger partial charge in [0.05, 0.1) is 29.5 Å². The summed E-state index contributed by atoms with van der Waals surface area (Å²) in [5.74, 6) is 0.322. The molecule has 10 nitrogen and oxygen atoms in total. The highest BCUT2D eigenvalue weighted by atomic mass is 16.6. The molecule has 1 aliphatic rings. The number of carbonyl (C=O) groups excluding carboxylic acids is 2. The van der Waals surface area contributed by atoms with Crippen LogP contribution in [0.1, 0.15) is 13.8 Å². The van der Waals surface area contributed by atoms with Crippen LogP contribution in [0.5, 0.6) is 17.2 Å². The van der Waals surface area contributed by atoms with Crippen molar-refractivity contribution in [1.82, 2.24) is 0 Å². The number of hydrogen-bond acceptors (Lipinski definition) is 7. The fraction of sp³-hybridized carbons (Fsp3) is 0.300. The van der Waals surface area contributed by atoms with Gasteiger partial charge in [0.2, 0.25) is 5.91 Å². The minimum atomic E-state index is -0.578. The first-order valence-electron chi connectivity index (χ1n) is 9.34. The molecule has 0 unspecified atom stereocenters. The Labute approximate surface area is 172 Å². The number of nitro benzene ring substituents is 1. The van der Waals surface area contributed by atoms with E-state index < -0.39 is 16.7 Å². The van der Waals surface area contributed by atoms with Gasteiger partial charge < -0.3 is 19.5 Å². The monoisotopic (exact) mass is 415 g/mol. The van der Waals surface area contributed by atoms with E-state index in [1.54, 1.807) is 18.2 Å². The summed E-state index contributed by atoms with van der Waals surface area (Å²) in [7, 11) is 0. The Morgan fingerprint density at radius 1 is 1.20 bits per heavy atom. The van der Waals surface area contributed by atoms with E-state index >= 15 is 0 Å². The zero-order valence-corrected chi connectivity index (χ0v) is 16.5. The maximum absolute atomic E-state index is 12.7. The van der Waals surface area contributed by atoms with Crippen LogP contribution in [0.3, 0.4) is 0 Å². The SMILES string of the molecule is CCOc1ccc(OCC)c(NC(=O)CN2C(=O)COc3ccc([N+](=O)[O-])cc32)c1. The number of hydrogen-bond donors (Lipinski definition) is 1. The Bertz CT molecular complexity index is 977. The minimum absolute atomic E-state index is 0.170. The normalized spacial score (nSPS) is 12.6. The van der Waals surface area contributed by atoms with Gasteiger partial charge in [-0.1, -0.05) is 0 Å². The molecule has 30 heavy (non-hydrogen) atoms. The van der Waals surface area contributed by atoms with Crippen LogP contribution in [0.2, 0.25) is 0 Å². The van der Waals surface area contributed by atoms with E-state index in [2.05, 4.69) is 5.32 Å². The molecule has 158 valence electrons. The lowest BCUT2D eigenvalue weighted by atomic mass is 10.2. The summed E-state index contributed by atoms with van der Waals surface area (Å²) in [6, 6.07) is 8.94. The molecule has 1 aliphatic heterocycles. The second-order valence-corrected chi connectivity index (χ2v) is 6.25. The molecule has 0 saturated heterocycles. The molecule has 0 radical (unpaired) electrons. The fourth-order valence-corrected chi connectivity index (χ4v) is 2.96. The molecule has 2 aromatic carbocycles. The molecule has 0 bridgehead atoms. The second-order valence-electron chi connectivity index (χ2n) is 6.25. The number of nitrogens with one attached hydrogen (secondary N) is 1. The van der Waals surface area contributed by atoms with Gasteiger partial charge in [-0.15, -0.1) is 0 Å². The molecule has 1 heterocycles. The number of carbonyl (C=O) groups is 2. The second kappa shape index (κ2) is 9.12. The standard InChI is InChI=1S/C20H21N3O7/c1-3-28-14-6-8-17(29-4-2)15(10-14)21-19(24)11-22-16-9-13(23(26)27)5-7-18(16)30-12-20(22)25/h5-10H,3-4,11-12H2,1-2H3,(H,21,24). The lowest BCUT2D eigenvalue weighted by molar-refractivity contribution is -0.384. The Kier molecular flexibility index (Phi) is 6.35. The van der Waals surface area contributed by atoms with Crippen molar-refractivity contribution in [2.45, 2.75) is 13.8 Å². The summed E-state index contributed by atoms with van der Waals surface area (Å²) in [6.07, 6.45) is 0. The molecule has 10 heteroatoms. The van der Waals surface area contributed by atoms with Gasteiger partial charge in [0, 0.05) is 18.2 Å². The summed E-state index contributed by atoms with van der Waals surface area (Å²) in [6.45, 7) is 3.91. The molecular weight excluding hydrogens is 394 g/mol. The van der Waals surface area contributed by atoms with Crippen LogP contribution < -0.4 is 24.4 Å². The Morgan fingerprint density at radius 3 is 2.67 bits per heavy atom. The minimum Gasteiger partial charge on any atom is -0.494 e. The highest BCUT2D eigenvalue weighted by Gasteiger charge is 2.29. The van der Waals surface area contributed by atoms with Crippen LogP contribution in [0.4, 0.5) is 17.1 Å². The highest BCUT2D eigenvalue weighted by molar-refractivity contribution is 6.05. The number of non-ortho nitro benzene ring substituents is 1. The lowest BCUT2D eigenvalue weighted by Crippen LogP contribution is -2.43. The Morgan fingerprint density at radius 2 is 1.97 bits per heavy atom. The molecule has 1 N–H and O–H groups in total. The molecule has 3 rings (SSSR count). The van der Waals surface area contributed by atoms with E-state index in [0.29, 0.717) is 36.1 Å². The first-order chi connectivity index (χ1) is 14.4. The predicted octanol–water partition coefficient (Wildman–Crippen LogP) is 2.76. The average Bonchev–Trinajstić information content (AvgIpc) is 2.72. The summed E-state index contributed by atoms with van der Waals surface area (Å²) in [4.78, 5) is 36.7. The van der Waals surface area contributed by atoms with Crippen molar-refractivity contribution < 1.29 is 28.7 Å². The largest absolute Gasteiger partial charge is 0.494 e. The van der Waals surface area contributed by atoms with Gasteiger partial charge in [0.15, 0.2) is 6.61 Å². The molecule has 2 aromatic rings. The van der Waals surface area contributed by atoms with Crippen molar-refractivity contribution in [1.29, 1.82) is 0 Å². The van der Waals surface area contributed by atoms with Crippen LogP contribution in [-0.2, 0) is 9.59 Å². The summed E-state index contributed by atoms with van der Waals surface area (Å²) in [5, 5.41) is 13.8. The molecular formula is C20H21N3O7. The number of nitro groups is 1. The van der Waals surface area contributed by atoms with Crippen molar-refractivity contribution >= 4 is 28.9 Å². The number of rotatable bonds is 8. The molecule has 0 aliphatic carbocycles. The van der Waals surface area contributed by atoms with E-state index in [0.717, 1.165) is 4.90 Å². The third-order valence-corrected chi connectivity index (χ3v) is 4.23. The van der Waals surface area contributed by atoms with Gasteiger partial charge >= 0.3 is 0 Å². The van der Waals surface area contributed by atoms with E-state index in [-0.39, 0.29) is 24.5 Å². The van der Waals surface area contributed by atoms with Gasteiger partial charge in [-0.3, -0.25) is 24.6 Å².